The Hall–Kier alpha value is -4.00. The highest BCUT2D eigenvalue weighted by Gasteiger charge is 2.12. The fraction of sp³-hybridized carbons (Fsp3) is 0.0476. The van der Waals surface area contributed by atoms with Gasteiger partial charge in [0.25, 0.3) is 11.6 Å². The molecule has 1 amide bonds. The summed E-state index contributed by atoms with van der Waals surface area (Å²) in [5.74, 6) is 0.104. The molecular weight excluding hydrogens is 358 g/mol. The van der Waals surface area contributed by atoms with Gasteiger partial charge >= 0.3 is 0 Å². The molecule has 0 aliphatic rings. The molecule has 0 fully saturated rings. The lowest BCUT2D eigenvalue weighted by atomic mass is 10.1. The van der Waals surface area contributed by atoms with Gasteiger partial charge in [-0.25, -0.2) is 4.98 Å². The van der Waals surface area contributed by atoms with E-state index in [1.165, 1.54) is 24.3 Å². The number of aromatic nitrogens is 1. The van der Waals surface area contributed by atoms with Gasteiger partial charge in [0.1, 0.15) is 5.52 Å². The number of oxazole rings is 1. The van der Waals surface area contributed by atoms with Crippen molar-refractivity contribution in [3.63, 3.8) is 0 Å². The molecule has 0 aliphatic heterocycles. The second-order valence-electron chi connectivity index (χ2n) is 6.33. The minimum atomic E-state index is -0.507. The molecule has 0 aliphatic carbocycles. The van der Waals surface area contributed by atoms with Crippen LogP contribution in [0.4, 0.5) is 11.4 Å². The number of anilines is 1. The van der Waals surface area contributed by atoms with Crippen molar-refractivity contribution in [1.29, 1.82) is 0 Å². The summed E-state index contributed by atoms with van der Waals surface area (Å²) >= 11 is 0. The molecule has 0 bridgehead atoms. The van der Waals surface area contributed by atoms with Gasteiger partial charge in [0.05, 0.1) is 4.92 Å². The maximum atomic E-state index is 12.4. The standard InChI is InChI=1S/C21H15N3O4/c1-13-5-10-18-19(11-13)28-21(23-18)15-3-2-4-16(12-15)22-20(25)14-6-8-17(9-7-14)24(26)27/h2-12H,1H3,(H,22,25). The first-order chi connectivity index (χ1) is 13.5. The van der Waals surface area contributed by atoms with Gasteiger partial charge in [-0.15, -0.1) is 0 Å². The van der Waals surface area contributed by atoms with E-state index >= 15 is 0 Å². The number of non-ortho nitro benzene ring substituents is 1. The van der Waals surface area contributed by atoms with E-state index in [1.54, 1.807) is 18.2 Å². The number of amides is 1. The molecule has 138 valence electrons. The molecule has 1 N–H and O–H groups in total. The molecule has 7 heteroatoms. The second-order valence-corrected chi connectivity index (χ2v) is 6.33. The van der Waals surface area contributed by atoms with Gasteiger partial charge in [-0.1, -0.05) is 12.1 Å². The van der Waals surface area contributed by atoms with Crippen LogP contribution in [0.5, 0.6) is 0 Å². The van der Waals surface area contributed by atoms with Crippen LogP contribution in [0.3, 0.4) is 0 Å². The van der Waals surface area contributed by atoms with Crippen molar-refractivity contribution in [1.82, 2.24) is 4.98 Å². The molecular formula is C21H15N3O4. The third-order valence-corrected chi connectivity index (χ3v) is 4.25. The maximum absolute atomic E-state index is 12.4. The van der Waals surface area contributed by atoms with E-state index in [1.807, 2.05) is 31.2 Å². The summed E-state index contributed by atoms with van der Waals surface area (Å²) in [6, 6.07) is 18.4. The van der Waals surface area contributed by atoms with Crippen molar-refractivity contribution in [2.75, 3.05) is 5.32 Å². The van der Waals surface area contributed by atoms with Crippen molar-refractivity contribution >= 4 is 28.4 Å². The van der Waals surface area contributed by atoms with E-state index in [2.05, 4.69) is 10.3 Å². The van der Waals surface area contributed by atoms with Gasteiger partial charge in [0, 0.05) is 28.9 Å². The quantitative estimate of drug-likeness (QED) is 0.402. The van der Waals surface area contributed by atoms with Crippen LogP contribution in [0.2, 0.25) is 0 Å². The van der Waals surface area contributed by atoms with Crippen molar-refractivity contribution in [3.8, 4) is 11.5 Å². The SMILES string of the molecule is Cc1ccc2nc(-c3cccc(NC(=O)c4ccc([N+](=O)[O-])cc4)c3)oc2c1. The number of nitro benzene ring substituents is 1. The van der Waals surface area contributed by atoms with Crippen molar-refractivity contribution < 1.29 is 14.1 Å². The van der Waals surface area contributed by atoms with Gasteiger partial charge in [0.15, 0.2) is 5.58 Å². The molecule has 1 heterocycles. The number of nitro groups is 1. The van der Waals surface area contributed by atoms with E-state index in [0.717, 1.165) is 16.6 Å². The Bertz CT molecular complexity index is 1200. The second kappa shape index (κ2) is 6.96. The molecule has 0 unspecified atom stereocenters. The number of carbonyl (C=O) groups excluding carboxylic acids is 1. The minimum absolute atomic E-state index is 0.0651. The third kappa shape index (κ3) is 3.45. The summed E-state index contributed by atoms with van der Waals surface area (Å²) in [7, 11) is 0. The molecule has 28 heavy (non-hydrogen) atoms. The zero-order valence-electron chi connectivity index (χ0n) is 14.9. The number of hydrogen-bond donors (Lipinski definition) is 1. The lowest BCUT2D eigenvalue weighted by Crippen LogP contribution is -2.11. The molecule has 0 atom stereocenters. The predicted octanol–water partition coefficient (Wildman–Crippen LogP) is 4.96. The number of nitrogens with zero attached hydrogens (tertiary/aromatic N) is 2. The van der Waals surface area contributed by atoms with Crippen LogP contribution in [0.15, 0.2) is 71.1 Å². The lowest BCUT2D eigenvalue weighted by Gasteiger charge is -2.06. The number of benzene rings is 3. The number of aryl methyl sites for hydroxylation is 1. The van der Waals surface area contributed by atoms with Crippen LogP contribution in [0.1, 0.15) is 15.9 Å². The number of hydrogen-bond acceptors (Lipinski definition) is 5. The first-order valence-corrected chi connectivity index (χ1v) is 8.53. The normalized spacial score (nSPS) is 10.8. The van der Waals surface area contributed by atoms with E-state index in [4.69, 9.17) is 4.42 Å². The molecule has 4 aromatic rings. The molecule has 7 nitrogen and oxygen atoms in total. The Morgan fingerprint density at radius 3 is 2.61 bits per heavy atom. The largest absolute Gasteiger partial charge is 0.436 e. The van der Waals surface area contributed by atoms with Crippen LogP contribution < -0.4 is 5.32 Å². The Morgan fingerprint density at radius 2 is 1.86 bits per heavy atom. The van der Waals surface area contributed by atoms with E-state index in [9.17, 15) is 14.9 Å². The highest BCUT2D eigenvalue weighted by atomic mass is 16.6. The highest BCUT2D eigenvalue weighted by molar-refractivity contribution is 6.04. The topological polar surface area (TPSA) is 98.3 Å². The van der Waals surface area contributed by atoms with Gasteiger partial charge in [-0.2, -0.15) is 0 Å². The monoisotopic (exact) mass is 373 g/mol. The first kappa shape index (κ1) is 17.4. The molecule has 0 radical (unpaired) electrons. The molecule has 3 aromatic carbocycles. The summed E-state index contributed by atoms with van der Waals surface area (Å²) in [5, 5.41) is 13.5. The highest BCUT2D eigenvalue weighted by Crippen LogP contribution is 2.27. The van der Waals surface area contributed by atoms with E-state index < -0.39 is 4.92 Å². The van der Waals surface area contributed by atoms with Gasteiger partial charge < -0.3 is 9.73 Å². The predicted molar refractivity (Wildman–Crippen MR) is 105 cm³/mol. The number of fused-ring (bicyclic) bond motifs is 1. The zero-order chi connectivity index (χ0) is 19.7. The average molecular weight is 373 g/mol. The molecule has 1 aromatic heterocycles. The zero-order valence-corrected chi connectivity index (χ0v) is 14.9. The fourth-order valence-corrected chi connectivity index (χ4v) is 2.82. The van der Waals surface area contributed by atoms with Gasteiger partial charge in [-0.05, 0) is 55.0 Å². The summed E-state index contributed by atoms with van der Waals surface area (Å²) in [4.78, 5) is 27.1. The summed E-state index contributed by atoms with van der Waals surface area (Å²) < 4.78 is 5.83. The maximum Gasteiger partial charge on any atom is 0.269 e. The minimum Gasteiger partial charge on any atom is -0.436 e. The van der Waals surface area contributed by atoms with Crippen LogP contribution in [-0.4, -0.2) is 15.8 Å². The smallest absolute Gasteiger partial charge is 0.269 e. The van der Waals surface area contributed by atoms with Gasteiger partial charge in [0.2, 0.25) is 5.89 Å². The van der Waals surface area contributed by atoms with Crippen LogP contribution in [0.25, 0.3) is 22.6 Å². The summed E-state index contributed by atoms with van der Waals surface area (Å²) in [5.41, 5.74) is 4.11. The lowest BCUT2D eigenvalue weighted by molar-refractivity contribution is -0.384. The van der Waals surface area contributed by atoms with E-state index in [0.29, 0.717) is 22.7 Å². The Labute approximate surface area is 159 Å². The first-order valence-electron chi connectivity index (χ1n) is 8.53. The van der Waals surface area contributed by atoms with Crippen molar-refractivity contribution in [2.45, 2.75) is 6.92 Å². The number of rotatable bonds is 4. The average Bonchev–Trinajstić information content (AvgIpc) is 3.11. The number of carbonyl (C=O) groups is 1. The van der Waals surface area contributed by atoms with Crippen LogP contribution >= 0.6 is 0 Å². The third-order valence-electron chi connectivity index (χ3n) is 4.25. The van der Waals surface area contributed by atoms with E-state index in [-0.39, 0.29) is 11.6 Å². The summed E-state index contributed by atoms with van der Waals surface area (Å²) in [6.45, 7) is 1.98. The Kier molecular flexibility index (Phi) is 4.33. The Balaban J connectivity index is 1.57. The fourth-order valence-electron chi connectivity index (χ4n) is 2.82. The molecule has 0 saturated heterocycles. The van der Waals surface area contributed by atoms with Crippen LogP contribution in [-0.2, 0) is 0 Å². The Morgan fingerprint density at radius 1 is 1.07 bits per heavy atom. The van der Waals surface area contributed by atoms with Crippen molar-refractivity contribution in [3.05, 3.63) is 88.0 Å². The summed E-state index contributed by atoms with van der Waals surface area (Å²) in [6.07, 6.45) is 0. The molecule has 0 saturated carbocycles. The van der Waals surface area contributed by atoms with Gasteiger partial charge in [-0.3, -0.25) is 14.9 Å². The molecule has 4 rings (SSSR count). The molecule has 0 spiro atoms. The van der Waals surface area contributed by atoms with Crippen LogP contribution in [0, 0.1) is 17.0 Å². The number of nitrogens with one attached hydrogen (secondary N) is 1. The van der Waals surface area contributed by atoms with Crippen molar-refractivity contribution in [2.24, 2.45) is 0 Å².